The number of rotatable bonds is 6. The van der Waals surface area contributed by atoms with Gasteiger partial charge in [0.05, 0.1) is 14.0 Å². The molecule has 0 bridgehead atoms. The highest BCUT2D eigenvalue weighted by molar-refractivity contribution is 14.1. The van der Waals surface area contributed by atoms with E-state index in [1.807, 2.05) is 22.6 Å². The highest BCUT2D eigenvalue weighted by atomic mass is 127. The second kappa shape index (κ2) is 8.64. The maximum atomic E-state index is 13.3. The van der Waals surface area contributed by atoms with Crippen molar-refractivity contribution in [2.75, 3.05) is 19.8 Å². The number of hydrogen-bond donors (Lipinski definition) is 0. The number of benzene rings is 1. The standard InChI is InChI=1S/C21H21IN2O5S/c1-14-4-2-3-5-19(14)30(26,27)24-20(22)12-16-18(6-9-23-21(16)24)29-13-17(25)15-7-10-28-11-8-15/h2-6,9,12,15H,7-8,10-11,13H2,1H3. The molecule has 1 saturated heterocycles. The van der Waals surface area contributed by atoms with Gasteiger partial charge >= 0.3 is 0 Å². The average Bonchev–Trinajstić information content (AvgIpc) is 3.10. The normalized spacial score (nSPS) is 15.4. The number of aryl methyl sites for hydroxylation is 1. The number of fused-ring (bicyclic) bond motifs is 1. The third-order valence-electron chi connectivity index (χ3n) is 5.24. The first-order chi connectivity index (χ1) is 14.4. The summed E-state index contributed by atoms with van der Waals surface area (Å²) < 4.78 is 39.5. The zero-order valence-corrected chi connectivity index (χ0v) is 19.4. The fourth-order valence-corrected chi connectivity index (χ4v) is 6.50. The van der Waals surface area contributed by atoms with Crippen LogP contribution in [0.15, 0.2) is 47.5 Å². The molecular weight excluding hydrogens is 519 g/mol. The molecule has 158 valence electrons. The number of aromatic nitrogens is 2. The van der Waals surface area contributed by atoms with Crippen LogP contribution in [0.3, 0.4) is 0 Å². The summed E-state index contributed by atoms with van der Waals surface area (Å²) in [6.07, 6.45) is 2.91. The fraction of sp³-hybridized carbons (Fsp3) is 0.333. The molecule has 2 aromatic heterocycles. The minimum absolute atomic E-state index is 0.0323. The van der Waals surface area contributed by atoms with Crippen molar-refractivity contribution >= 4 is 49.4 Å². The predicted octanol–water partition coefficient (Wildman–Crippen LogP) is 3.56. The number of ketones is 1. The van der Waals surface area contributed by atoms with Gasteiger partial charge in [-0.2, -0.15) is 0 Å². The highest BCUT2D eigenvalue weighted by Crippen LogP contribution is 2.32. The lowest BCUT2D eigenvalue weighted by Crippen LogP contribution is -2.27. The van der Waals surface area contributed by atoms with Crippen LogP contribution in [0.25, 0.3) is 11.0 Å². The molecule has 4 rings (SSSR count). The molecule has 1 aliphatic rings. The van der Waals surface area contributed by atoms with Crippen LogP contribution in [0.5, 0.6) is 5.75 Å². The van der Waals surface area contributed by atoms with Crippen LogP contribution in [-0.4, -0.2) is 43.0 Å². The summed E-state index contributed by atoms with van der Waals surface area (Å²) in [5.74, 6) is 0.421. The minimum Gasteiger partial charge on any atom is -0.485 e. The highest BCUT2D eigenvalue weighted by Gasteiger charge is 2.26. The maximum Gasteiger partial charge on any atom is 0.270 e. The van der Waals surface area contributed by atoms with Crippen LogP contribution in [0, 0.1) is 16.5 Å². The van der Waals surface area contributed by atoms with Crippen molar-refractivity contribution in [3.8, 4) is 5.75 Å². The smallest absolute Gasteiger partial charge is 0.270 e. The molecule has 0 unspecified atom stereocenters. The molecular formula is C21H21IN2O5S. The van der Waals surface area contributed by atoms with E-state index in [4.69, 9.17) is 9.47 Å². The molecule has 7 nitrogen and oxygen atoms in total. The molecule has 0 saturated carbocycles. The lowest BCUT2D eigenvalue weighted by Gasteiger charge is -2.20. The van der Waals surface area contributed by atoms with Crippen LogP contribution in [0.2, 0.25) is 0 Å². The van der Waals surface area contributed by atoms with E-state index < -0.39 is 10.0 Å². The first kappa shape index (κ1) is 21.3. The van der Waals surface area contributed by atoms with Crippen molar-refractivity contribution in [2.24, 2.45) is 5.92 Å². The van der Waals surface area contributed by atoms with Crippen molar-refractivity contribution in [3.05, 3.63) is 51.9 Å². The van der Waals surface area contributed by atoms with Gasteiger partial charge in [-0.25, -0.2) is 17.4 Å². The number of Topliss-reactive ketones (excluding diaryl/α,β-unsaturated/α-hetero) is 1. The average molecular weight is 540 g/mol. The number of ether oxygens (including phenoxy) is 2. The number of pyridine rings is 1. The Bertz CT molecular complexity index is 1200. The predicted molar refractivity (Wildman–Crippen MR) is 120 cm³/mol. The van der Waals surface area contributed by atoms with E-state index in [1.54, 1.807) is 43.3 Å². The lowest BCUT2D eigenvalue weighted by atomic mass is 9.96. The Kier molecular flexibility index (Phi) is 6.12. The Labute approximate surface area is 188 Å². The monoisotopic (exact) mass is 540 g/mol. The number of hydrogen-bond acceptors (Lipinski definition) is 6. The Morgan fingerprint density at radius 3 is 2.73 bits per heavy atom. The molecule has 0 amide bonds. The molecule has 30 heavy (non-hydrogen) atoms. The molecule has 1 aromatic carbocycles. The summed E-state index contributed by atoms with van der Waals surface area (Å²) in [4.78, 5) is 17.0. The lowest BCUT2D eigenvalue weighted by molar-refractivity contribution is -0.127. The van der Waals surface area contributed by atoms with Crippen molar-refractivity contribution in [2.45, 2.75) is 24.7 Å². The zero-order chi connectivity index (χ0) is 21.3. The van der Waals surface area contributed by atoms with Crippen LogP contribution >= 0.6 is 22.6 Å². The van der Waals surface area contributed by atoms with E-state index in [9.17, 15) is 13.2 Å². The van der Waals surface area contributed by atoms with Gasteiger partial charge in [0.1, 0.15) is 12.4 Å². The quantitative estimate of drug-likeness (QED) is 0.445. The van der Waals surface area contributed by atoms with Crippen LogP contribution in [0.1, 0.15) is 18.4 Å². The zero-order valence-electron chi connectivity index (χ0n) is 16.4. The number of carbonyl (C=O) groups is 1. The molecule has 3 heterocycles. The van der Waals surface area contributed by atoms with Crippen molar-refractivity contribution in [3.63, 3.8) is 0 Å². The van der Waals surface area contributed by atoms with Crippen LogP contribution in [-0.2, 0) is 19.6 Å². The number of nitrogens with zero attached hydrogens (tertiary/aromatic N) is 2. The van der Waals surface area contributed by atoms with Crippen LogP contribution in [0.4, 0.5) is 0 Å². The molecule has 0 N–H and O–H groups in total. The summed E-state index contributed by atoms with van der Waals surface area (Å²) in [5, 5.41) is 0.554. The van der Waals surface area contributed by atoms with Gasteiger partial charge in [0.15, 0.2) is 11.4 Å². The van der Waals surface area contributed by atoms with E-state index >= 15 is 0 Å². The third kappa shape index (κ3) is 3.97. The Morgan fingerprint density at radius 2 is 2.00 bits per heavy atom. The van der Waals surface area contributed by atoms with Crippen molar-refractivity contribution < 1.29 is 22.7 Å². The molecule has 0 atom stereocenters. The molecule has 3 aromatic rings. The van der Waals surface area contributed by atoms with Gasteiger partial charge in [0, 0.05) is 25.3 Å². The van der Waals surface area contributed by atoms with Gasteiger partial charge in [-0.05, 0) is 66.1 Å². The van der Waals surface area contributed by atoms with Gasteiger partial charge in [-0.15, -0.1) is 0 Å². The van der Waals surface area contributed by atoms with Crippen molar-refractivity contribution in [1.82, 2.24) is 8.96 Å². The first-order valence-electron chi connectivity index (χ1n) is 9.60. The molecule has 1 aliphatic heterocycles. The van der Waals surface area contributed by atoms with Gasteiger partial charge < -0.3 is 9.47 Å². The van der Waals surface area contributed by atoms with E-state index in [1.165, 1.54) is 10.2 Å². The minimum atomic E-state index is -3.84. The fourth-order valence-electron chi connectivity index (χ4n) is 3.61. The van der Waals surface area contributed by atoms with Crippen LogP contribution < -0.4 is 4.74 Å². The first-order valence-corrected chi connectivity index (χ1v) is 12.1. The Hall–Kier alpha value is -1.98. The van der Waals surface area contributed by atoms with E-state index in [0.29, 0.717) is 46.5 Å². The maximum absolute atomic E-state index is 13.3. The Balaban J connectivity index is 1.67. The molecule has 0 aliphatic carbocycles. The molecule has 9 heteroatoms. The van der Waals surface area contributed by atoms with Crippen molar-refractivity contribution in [1.29, 1.82) is 0 Å². The van der Waals surface area contributed by atoms with E-state index in [-0.39, 0.29) is 28.9 Å². The van der Waals surface area contributed by atoms with E-state index in [0.717, 1.165) is 0 Å². The van der Waals surface area contributed by atoms with Gasteiger partial charge in [0.25, 0.3) is 10.0 Å². The number of halogens is 1. The summed E-state index contributed by atoms with van der Waals surface area (Å²) in [6.45, 7) is 2.88. The second-order valence-corrected chi connectivity index (χ2v) is 10.1. The summed E-state index contributed by atoms with van der Waals surface area (Å²) in [7, 11) is -3.84. The summed E-state index contributed by atoms with van der Waals surface area (Å²) in [6, 6.07) is 10.2. The molecule has 0 radical (unpaired) electrons. The van der Waals surface area contributed by atoms with Gasteiger partial charge in [-0.1, -0.05) is 18.2 Å². The molecule has 1 fully saturated rings. The molecule has 0 spiro atoms. The third-order valence-corrected chi connectivity index (χ3v) is 8.22. The topological polar surface area (TPSA) is 87.5 Å². The number of carbonyl (C=O) groups excluding carboxylic acids is 1. The second-order valence-electron chi connectivity index (χ2n) is 7.19. The van der Waals surface area contributed by atoms with E-state index in [2.05, 4.69) is 4.98 Å². The van der Waals surface area contributed by atoms with Gasteiger partial charge in [-0.3, -0.25) is 4.79 Å². The SMILES string of the molecule is Cc1ccccc1S(=O)(=O)n1c(I)cc2c(OCC(=O)C3CCOCC3)ccnc21. The largest absolute Gasteiger partial charge is 0.485 e. The van der Waals surface area contributed by atoms with Gasteiger partial charge in [0.2, 0.25) is 0 Å². The Morgan fingerprint density at radius 1 is 1.27 bits per heavy atom. The summed E-state index contributed by atoms with van der Waals surface area (Å²) in [5.41, 5.74) is 0.934. The summed E-state index contributed by atoms with van der Waals surface area (Å²) >= 11 is 1.98.